The van der Waals surface area contributed by atoms with Crippen LogP contribution in [-0.2, 0) is 11.3 Å². The van der Waals surface area contributed by atoms with Crippen LogP contribution in [-0.4, -0.2) is 31.1 Å². The minimum absolute atomic E-state index is 0.0901. The predicted molar refractivity (Wildman–Crippen MR) is 58.6 cm³/mol. The molecule has 2 aromatic heterocycles. The Balaban J connectivity index is 1.91. The number of carbonyl (C=O) groups excluding carboxylic acids is 1. The lowest BCUT2D eigenvalue weighted by Crippen LogP contribution is -2.30. The van der Waals surface area contributed by atoms with Crippen molar-refractivity contribution in [3.63, 3.8) is 0 Å². The smallest absolute Gasteiger partial charge is 0.242 e. The normalized spacial score (nSPS) is 12.1. The molecule has 1 amide bonds. The van der Waals surface area contributed by atoms with Gasteiger partial charge in [-0.2, -0.15) is 0 Å². The summed E-state index contributed by atoms with van der Waals surface area (Å²) in [5.74, 6) is -0.145. The molecule has 0 aliphatic carbocycles. The van der Waals surface area contributed by atoms with Crippen molar-refractivity contribution in [1.29, 1.82) is 0 Å². The standard InChI is InChI=1S/C10H12N6O/c1-8(9-3-2-4-11-5-9)13-10(17)6-16-7-12-14-15-16/h2-5,7-8H,6H2,1H3,(H,13,17)/t8-/m0/s1. The van der Waals surface area contributed by atoms with Crippen molar-refractivity contribution in [1.82, 2.24) is 30.5 Å². The summed E-state index contributed by atoms with van der Waals surface area (Å²) in [5.41, 5.74) is 0.956. The largest absolute Gasteiger partial charge is 0.348 e. The predicted octanol–water partition coefficient (Wildman–Crippen LogP) is -0.0545. The molecule has 2 aromatic rings. The Labute approximate surface area is 97.9 Å². The topological polar surface area (TPSA) is 85.6 Å². The molecule has 0 unspecified atom stereocenters. The average Bonchev–Trinajstić information content (AvgIpc) is 2.82. The van der Waals surface area contributed by atoms with E-state index < -0.39 is 0 Å². The fourth-order valence-electron chi connectivity index (χ4n) is 1.40. The Hall–Kier alpha value is -2.31. The zero-order chi connectivity index (χ0) is 12.1. The van der Waals surface area contributed by atoms with Gasteiger partial charge in [-0.1, -0.05) is 6.07 Å². The molecular weight excluding hydrogens is 220 g/mol. The lowest BCUT2D eigenvalue weighted by atomic mass is 10.1. The second kappa shape index (κ2) is 5.15. The second-order valence-electron chi connectivity index (χ2n) is 3.58. The molecule has 0 fully saturated rings. The van der Waals surface area contributed by atoms with Gasteiger partial charge < -0.3 is 5.32 Å². The minimum atomic E-state index is -0.145. The van der Waals surface area contributed by atoms with Crippen molar-refractivity contribution < 1.29 is 4.79 Å². The van der Waals surface area contributed by atoms with Crippen LogP contribution in [0.1, 0.15) is 18.5 Å². The third-order valence-corrected chi connectivity index (χ3v) is 2.26. The van der Waals surface area contributed by atoms with Crippen LogP contribution >= 0.6 is 0 Å². The van der Waals surface area contributed by atoms with Crippen molar-refractivity contribution in [2.24, 2.45) is 0 Å². The van der Waals surface area contributed by atoms with Gasteiger partial charge in [-0.25, -0.2) is 4.68 Å². The highest BCUT2D eigenvalue weighted by molar-refractivity contribution is 5.76. The second-order valence-corrected chi connectivity index (χ2v) is 3.58. The number of hydrogen-bond acceptors (Lipinski definition) is 5. The van der Waals surface area contributed by atoms with Crippen LogP contribution in [0.2, 0.25) is 0 Å². The summed E-state index contributed by atoms with van der Waals surface area (Å²) in [6.07, 6.45) is 4.81. The SMILES string of the molecule is C[C@H](NC(=O)Cn1cnnn1)c1cccnc1. The fourth-order valence-corrected chi connectivity index (χ4v) is 1.40. The van der Waals surface area contributed by atoms with E-state index in [-0.39, 0.29) is 18.5 Å². The van der Waals surface area contributed by atoms with E-state index in [0.717, 1.165) is 5.56 Å². The quantitative estimate of drug-likeness (QED) is 0.798. The molecule has 0 bridgehead atoms. The van der Waals surface area contributed by atoms with Crippen molar-refractivity contribution in [2.75, 3.05) is 0 Å². The first kappa shape index (κ1) is 11.2. The molecule has 7 heteroatoms. The Morgan fingerprint density at radius 2 is 2.47 bits per heavy atom. The molecule has 0 saturated heterocycles. The first-order valence-corrected chi connectivity index (χ1v) is 5.16. The summed E-state index contributed by atoms with van der Waals surface area (Å²) >= 11 is 0. The fraction of sp³-hybridized carbons (Fsp3) is 0.300. The summed E-state index contributed by atoms with van der Waals surface area (Å²) in [6.45, 7) is 2.01. The zero-order valence-corrected chi connectivity index (χ0v) is 9.32. The maximum Gasteiger partial charge on any atom is 0.242 e. The number of rotatable bonds is 4. The lowest BCUT2D eigenvalue weighted by Gasteiger charge is -2.13. The van der Waals surface area contributed by atoms with E-state index in [1.54, 1.807) is 12.4 Å². The summed E-state index contributed by atoms with van der Waals surface area (Å²) in [7, 11) is 0. The Morgan fingerprint density at radius 3 is 3.12 bits per heavy atom. The number of pyridine rings is 1. The van der Waals surface area contributed by atoms with Crippen molar-refractivity contribution in [3.8, 4) is 0 Å². The Morgan fingerprint density at radius 1 is 1.59 bits per heavy atom. The highest BCUT2D eigenvalue weighted by Gasteiger charge is 2.10. The molecule has 0 radical (unpaired) electrons. The number of hydrogen-bond donors (Lipinski definition) is 1. The molecule has 0 saturated carbocycles. The maximum absolute atomic E-state index is 11.6. The third kappa shape index (κ3) is 3.07. The average molecular weight is 232 g/mol. The van der Waals surface area contributed by atoms with Crippen LogP contribution in [0.15, 0.2) is 30.9 Å². The molecular formula is C10H12N6O. The molecule has 7 nitrogen and oxygen atoms in total. The van der Waals surface area contributed by atoms with Crippen LogP contribution in [0, 0.1) is 0 Å². The van der Waals surface area contributed by atoms with Gasteiger partial charge in [-0.15, -0.1) is 5.10 Å². The first-order chi connectivity index (χ1) is 8.25. The number of amides is 1. The number of aromatic nitrogens is 5. The van der Waals surface area contributed by atoms with E-state index in [2.05, 4.69) is 25.8 Å². The van der Waals surface area contributed by atoms with Gasteiger partial charge in [-0.3, -0.25) is 9.78 Å². The maximum atomic E-state index is 11.6. The van der Waals surface area contributed by atoms with E-state index in [9.17, 15) is 4.79 Å². The Bertz CT molecular complexity index is 469. The van der Waals surface area contributed by atoms with Gasteiger partial charge in [0.1, 0.15) is 12.9 Å². The van der Waals surface area contributed by atoms with Crippen LogP contribution < -0.4 is 5.32 Å². The number of nitrogens with one attached hydrogen (secondary N) is 1. The van der Waals surface area contributed by atoms with E-state index in [4.69, 9.17) is 0 Å². The van der Waals surface area contributed by atoms with Crippen molar-refractivity contribution >= 4 is 5.91 Å². The summed E-state index contributed by atoms with van der Waals surface area (Å²) in [5, 5.41) is 13.4. The van der Waals surface area contributed by atoms with Crippen LogP contribution in [0.3, 0.4) is 0 Å². The lowest BCUT2D eigenvalue weighted by molar-refractivity contribution is -0.122. The number of carbonyl (C=O) groups is 1. The van der Waals surface area contributed by atoms with Gasteiger partial charge >= 0.3 is 0 Å². The van der Waals surface area contributed by atoms with E-state index >= 15 is 0 Å². The van der Waals surface area contributed by atoms with Gasteiger partial charge in [0.05, 0.1) is 6.04 Å². The van der Waals surface area contributed by atoms with Crippen molar-refractivity contribution in [2.45, 2.75) is 19.5 Å². The highest BCUT2D eigenvalue weighted by atomic mass is 16.2. The van der Waals surface area contributed by atoms with Crippen LogP contribution in [0.5, 0.6) is 0 Å². The Kier molecular flexibility index (Phi) is 3.39. The molecule has 88 valence electrons. The molecule has 1 atom stereocenters. The van der Waals surface area contributed by atoms with Crippen molar-refractivity contribution in [3.05, 3.63) is 36.4 Å². The van der Waals surface area contributed by atoms with Crippen LogP contribution in [0.4, 0.5) is 0 Å². The van der Waals surface area contributed by atoms with Gasteiger partial charge in [0.25, 0.3) is 0 Å². The first-order valence-electron chi connectivity index (χ1n) is 5.16. The van der Waals surface area contributed by atoms with Gasteiger partial charge in [0.15, 0.2) is 0 Å². The summed E-state index contributed by atoms with van der Waals surface area (Å²) < 4.78 is 1.37. The highest BCUT2D eigenvalue weighted by Crippen LogP contribution is 2.09. The third-order valence-electron chi connectivity index (χ3n) is 2.26. The number of tetrazole rings is 1. The number of nitrogens with zero attached hydrogens (tertiary/aromatic N) is 5. The molecule has 2 heterocycles. The van der Waals surface area contributed by atoms with Gasteiger partial charge in [0.2, 0.25) is 5.91 Å². The monoisotopic (exact) mass is 232 g/mol. The molecule has 17 heavy (non-hydrogen) atoms. The summed E-state index contributed by atoms with van der Waals surface area (Å²) in [6, 6.07) is 3.65. The molecule has 0 spiro atoms. The zero-order valence-electron chi connectivity index (χ0n) is 9.32. The van der Waals surface area contributed by atoms with Gasteiger partial charge in [0, 0.05) is 12.4 Å². The minimum Gasteiger partial charge on any atom is -0.348 e. The molecule has 1 N–H and O–H groups in total. The van der Waals surface area contributed by atoms with Crippen LogP contribution in [0.25, 0.3) is 0 Å². The molecule has 2 rings (SSSR count). The van der Waals surface area contributed by atoms with E-state index in [0.29, 0.717) is 0 Å². The molecule has 0 aliphatic heterocycles. The van der Waals surface area contributed by atoms with E-state index in [1.165, 1.54) is 11.0 Å². The van der Waals surface area contributed by atoms with E-state index in [1.807, 2.05) is 19.1 Å². The summed E-state index contributed by atoms with van der Waals surface area (Å²) in [4.78, 5) is 15.6. The van der Waals surface area contributed by atoms with Gasteiger partial charge in [-0.05, 0) is 29.0 Å². The molecule has 0 aromatic carbocycles. The molecule has 0 aliphatic rings.